The molecule has 1 aromatic carbocycles. The summed E-state index contributed by atoms with van der Waals surface area (Å²) in [4.78, 5) is 4.24. The van der Waals surface area contributed by atoms with Gasteiger partial charge in [-0.25, -0.2) is 0 Å². The lowest BCUT2D eigenvalue weighted by Gasteiger charge is -2.22. The van der Waals surface area contributed by atoms with E-state index in [9.17, 15) is 13.2 Å². The second kappa shape index (κ2) is 10.8. The van der Waals surface area contributed by atoms with E-state index in [1.165, 1.54) is 12.5 Å². The predicted molar refractivity (Wildman–Crippen MR) is 106 cm³/mol. The molecule has 1 aromatic heterocycles. The van der Waals surface area contributed by atoms with E-state index in [-0.39, 0.29) is 42.1 Å². The number of halogens is 4. The van der Waals surface area contributed by atoms with Crippen LogP contribution < -0.4 is 10.1 Å². The number of unbranched alkanes of at least 4 members (excludes halogenated alkanes) is 5. The minimum absolute atomic E-state index is 0. The van der Waals surface area contributed by atoms with E-state index in [1.807, 2.05) is 0 Å². The molecule has 1 fully saturated rings. The molecule has 0 atom stereocenters. The number of hydrogen-bond donors (Lipinski definition) is 1. The summed E-state index contributed by atoms with van der Waals surface area (Å²) in [6.07, 6.45) is 1.78. The molecule has 1 aliphatic rings. The first-order valence-electron chi connectivity index (χ1n) is 9.87. The Kier molecular flexibility index (Phi) is 8.77. The molecule has 0 saturated carbocycles. The van der Waals surface area contributed by atoms with Gasteiger partial charge in [0.05, 0.1) is 18.1 Å². The van der Waals surface area contributed by atoms with E-state index >= 15 is 0 Å². The van der Waals surface area contributed by atoms with Crippen LogP contribution in [0.3, 0.4) is 0 Å². The highest BCUT2D eigenvalue weighted by molar-refractivity contribution is 5.85. The van der Waals surface area contributed by atoms with Crippen LogP contribution in [0.5, 0.6) is 5.75 Å². The van der Waals surface area contributed by atoms with Crippen molar-refractivity contribution < 1.29 is 22.4 Å². The predicted octanol–water partition coefficient (Wildman–Crippen LogP) is 5.60. The van der Waals surface area contributed by atoms with Crippen LogP contribution in [0.2, 0.25) is 0 Å². The number of nitrogens with zero attached hydrogens (tertiary/aromatic N) is 2. The first-order chi connectivity index (χ1) is 13.5. The van der Waals surface area contributed by atoms with E-state index in [2.05, 4.69) is 22.4 Å². The summed E-state index contributed by atoms with van der Waals surface area (Å²) in [6.45, 7) is 3.89. The number of aromatic nitrogens is 2. The molecule has 0 radical (unpaired) electrons. The van der Waals surface area contributed by atoms with Crippen molar-refractivity contribution in [3.8, 4) is 17.1 Å². The number of rotatable bonds is 10. The molecule has 1 saturated heterocycles. The van der Waals surface area contributed by atoms with E-state index in [0.717, 1.165) is 51.3 Å². The highest BCUT2D eigenvalue weighted by Crippen LogP contribution is 2.38. The summed E-state index contributed by atoms with van der Waals surface area (Å²) < 4.78 is 51.1. The van der Waals surface area contributed by atoms with Gasteiger partial charge >= 0.3 is 6.18 Å². The fraction of sp³-hybridized carbons (Fsp3) is 0.600. The largest absolute Gasteiger partial charge is 0.493 e. The fourth-order valence-electron chi connectivity index (χ4n) is 3.06. The minimum Gasteiger partial charge on any atom is -0.493 e. The van der Waals surface area contributed by atoms with Gasteiger partial charge in [0, 0.05) is 18.7 Å². The number of ether oxygens (including phenoxy) is 1. The highest BCUT2D eigenvalue weighted by Gasteiger charge is 2.35. The average molecular weight is 434 g/mol. The Balaban J connectivity index is 0.00000300. The molecule has 2 aromatic rings. The van der Waals surface area contributed by atoms with Gasteiger partial charge in [-0.3, -0.25) is 0 Å². The van der Waals surface area contributed by atoms with Crippen molar-refractivity contribution in [3.63, 3.8) is 0 Å². The summed E-state index contributed by atoms with van der Waals surface area (Å²) in [5, 5.41) is 6.92. The van der Waals surface area contributed by atoms with Gasteiger partial charge in [-0.15, -0.1) is 12.4 Å². The maximum atomic E-state index is 13.5. The Labute approximate surface area is 174 Å². The maximum Gasteiger partial charge on any atom is 0.419 e. The third-order valence-electron chi connectivity index (χ3n) is 4.87. The van der Waals surface area contributed by atoms with Crippen LogP contribution in [0, 0.1) is 0 Å². The van der Waals surface area contributed by atoms with Gasteiger partial charge < -0.3 is 14.6 Å². The van der Waals surface area contributed by atoms with Crippen LogP contribution in [0.4, 0.5) is 13.2 Å². The third kappa shape index (κ3) is 6.34. The van der Waals surface area contributed by atoms with Crippen molar-refractivity contribution in [2.45, 2.75) is 57.5 Å². The molecule has 1 N–H and O–H groups in total. The molecule has 162 valence electrons. The van der Waals surface area contributed by atoms with Gasteiger partial charge in [0.25, 0.3) is 0 Å². The van der Waals surface area contributed by atoms with Crippen LogP contribution >= 0.6 is 12.4 Å². The maximum absolute atomic E-state index is 13.5. The van der Waals surface area contributed by atoms with Crippen LogP contribution in [0.25, 0.3) is 11.4 Å². The molecule has 5 nitrogen and oxygen atoms in total. The number of nitrogens with one attached hydrogen (secondary N) is 1. The van der Waals surface area contributed by atoms with Crippen molar-refractivity contribution in [3.05, 3.63) is 29.7 Å². The molecule has 2 heterocycles. The monoisotopic (exact) mass is 433 g/mol. The first kappa shape index (κ1) is 23.5. The lowest BCUT2D eigenvalue weighted by Crippen LogP contribution is -2.40. The summed E-state index contributed by atoms with van der Waals surface area (Å²) in [6, 6.07) is 3.92. The first-order valence-corrected chi connectivity index (χ1v) is 9.87. The second-order valence-electron chi connectivity index (χ2n) is 7.14. The zero-order chi connectivity index (χ0) is 20.0. The molecule has 1 aliphatic heterocycles. The molecule has 0 spiro atoms. The molecular formula is C20H27ClF3N3O2. The van der Waals surface area contributed by atoms with Crippen molar-refractivity contribution >= 4 is 12.4 Å². The van der Waals surface area contributed by atoms with E-state index in [0.29, 0.717) is 5.89 Å². The smallest absolute Gasteiger partial charge is 0.419 e. The Morgan fingerprint density at radius 1 is 1.14 bits per heavy atom. The van der Waals surface area contributed by atoms with E-state index in [4.69, 9.17) is 9.26 Å². The summed E-state index contributed by atoms with van der Waals surface area (Å²) >= 11 is 0. The van der Waals surface area contributed by atoms with Gasteiger partial charge in [0.1, 0.15) is 5.75 Å². The van der Waals surface area contributed by atoms with Crippen LogP contribution in [0.15, 0.2) is 22.7 Å². The zero-order valence-electron chi connectivity index (χ0n) is 16.4. The summed E-state index contributed by atoms with van der Waals surface area (Å²) in [7, 11) is 0. The van der Waals surface area contributed by atoms with Gasteiger partial charge in [-0.2, -0.15) is 18.2 Å². The van der Waals surface area contributed by atoms with Crippen molar-refractivity contribution in [1.82, 2.24) is 15.5 Å². The topological polar surface area (TPSA) is 60.2 Å². The molecule has 9 heteroatoms. The molecule has 29 heavy (non-hydrogen) atoms. The number of benzene rings is 1. The molecule has 0 bridgehead atoms. The van der Waals surface area contributed by atoms with Crippen molar-refractivity contribution in [2.24, 2.45) is 0 Å². The highest BCUT2D eigenvalue weighted by atomic mass is 35.5. The van der Waals surface area contributed by atoms with Gasteiger partial charge in [0.2, 0.25) is 11.7 Å². The van der Waals surface area contributed by atoms with Crippen LogP contribution in [-0.4, -0.2) is 29.8 Å². The van der Waals surface area contributed by atoms with Crippen LogP contribution in [-0.2, 0) is 6.18 Å². The quantitative estimate of drug-likeness (QED) is 0.494. The normalized spacial score (nSPS) is 14.3. The third-order valence-corrected chi connectivity index (χ3v) is 4.87. The average Bonchev–Trinajstić information content (AvgIpc) is 3.08. The Bertz CT molecular complexity index is 764. The Morgan fingerprint density at radius 2 is 1.86 bits per heavy atom. The SMILES string of the molecule is CCCCCCCCOc1ccc(-c2noc(C3CNC3)n2)cc1C(F)(F)F.Cl. The molecule has 3 rings (SSSR count). The summed E-state index contributed by atoms with van der Waals surface area (Å²) in [5.74, 6) is 0.584. The van der Waals surface area contributed by atoms with E-state index in [1.54, 1.807) is 6.07 Å². The lowest BCUT2D eigenvalue weighted by molar-refractivity contribution is -0.138. The van der Waals surface area contributed by atoms with Gasteiger partial charge in [-0.1, -0.05) is 44.2 Å². The van der Waals surface area contributed by atoms with Gasteiger partial charge in [0.15, 0.2) is 0 Å². The molecular weight excluding hydrogens is 407 g/mol. The molecule has 0 amide bonds. The minimum atomic E-state index is -4.52. The fourth-order valence-corrected chi connectivity index (χ4v) is 3.06. The number of alkyl halides is 3. The number of hydrogen-bond acceptors (Lipinski definition) is 5. The van der Waals surface area contributed by atoms with Crippen molar-refractivity contribution in [1.29, 1.82) is 0 Å². The second-order valence-corrected chi connectivity index (χ2v) is 7.14. The summed E-state index contributed by atoms with van der Waals surface area (Å²) in [5.41, 5.74) is -0.547. The van der Waals surface area contributed by atoms with Crippen LogP contribution in [0.1, 0.15) is 62.8 Å². The molecule has 0 aliphatic carbocycles. The van der Waals surface area contributed by atoms with E-state index < -0.39 is 11.7 Å². The Hall–Kier alpha value is -1.80. The Morgan fingerprint density at radius 3 is 2.52 bits per heavy atom. The lowest BCUT2D eigenvalue weighted by atomic mass is 10.0. The zero-order valence-corrected chi connectivity index (χ0v) is 17.2. The molecule has 0 unspecified atom stereocenters. The standard InChI is InChI=1S/C20H26F3N3O2.ClH/c1-2-3-4-5-6-7-10-27-17-9-8-14(11-16(17)20(21,22)23)18-25-19(28-26-18)15-12-24-13-15;/h8-9,11,15,24H,2-7,10,12-13H2,1H3;1H. The van der Waals surface area contributed by atoms with Crippen molar-refractivity contribution in [2.75, 3.05) is 19.7 Å². The van der Waals surface area contributed by atoms with Gasteiger partial charge in [-0.05, 0) is 24.6 Å².